The van der Waals surface area contributed by atoms with E-state index in [2.05, 4.69) is 5.32 Å². The van der Waals surface area contributed by atoms with Crippen molar-refractivity contribution in [1.29, 1.82) is 0 Å². The molecule has 0 heterocycles. The number of carboxylic acid groups (broad SMARTS) is 1. The molecule has 1 aliphatic rings. The van der Waals surface area contributed by atoms with Crippen LogP contribution in [-0.2, 0) is 13.1 Å². The van der Waals surface area contributed by atoms with E-state index in [1.807, 2.05) is 35.2 Å². The van der Waals surface area contributed by atoms with Gasteiger partial charge in [0.25, 0.3) is 0 Å². The lowest BCUT2D eigenvalue weighted by Crippen LogP contribution is -2.42. The third-order valence-electron chi connectivity index (χ3n) is 4.85. The zero-order valence-corrected chi connectivity index (χ0v) is 14.7. The lowest BCUT2D eigenvalue weighted by atomic mass is 9.85. The topological polar surface area (TPSA) is 69.6 Å². The zero-order valence-electron chi connectivity index (χ0n) is 14.7. The van der Waals surface area contributed by atoms with Gasteiger partial charge >= 0.3 is 12.0 Å². The lowest BCUT2D eigenvalue weighted by Gasteiger charge is -2.32. The first-order valence-electron chi connectivity index (χ1n) is 9.01. The van der Waals surface area contributed by atoms with Crippen molar-refractivity contribution in [2.24, 2.45) is 5.92 Å². The fourth-order valence-electron chi connectivity index (χ4n) is 3.06. The van der Waals surface area contributed by atoms with Crippen molar-refractivity contribution in [3.05, 3.63) is 71.3 Å². The van der Waals surface area contributed by atoms with E-state index in [9.17, 15) is 9.59 Å². The highest BCUT2D eigenvalue weighted by atomic mass is 16.4. The highest BCUT2D eigenvalue weighted by Crippen LogP contribution is 2.27. The maximum Gasteiger partial charge on any atom is 0.335 e. The first-order valence-corrected chi connectivity index (χ1v) is 9.01. The van der Waals surface area contributed by atoms with Gasteiger partial charge in [0.2, 0.25) is 0 Å². The molecule has 5 heteroatoms. The van der Waals surface area contributed by atoms with E-state index >= 15 is 0 Å². The van der Waals surface area contributed by atoms with Crippen LogP contribution in [0.5, 0.6) is 0 Å². The highest BCUT2D eigenvalue weighted by Gasteiger charge is 2.23. The Morgan fingerprint density at radius 3 is 2.27 bits per heavy atom. The van der Waals surface area contributed by atoms with Crippen molar-refractivity contribution >= 4 is 12.0 Å². The van der Waals surface area contributed by atoms with Crippen LogP contribution in [0.15, 0.2) is 54.6 Å². The van der Waals surface area contributed by atoms with Crippen LogP contribution < -0.4 is 5.32 Å². The summed E-state index contributed by atoms with van der Waals surface area (Å²) < 4.78 is 0. The Kier molecular flexibility index (Phi) is 5.89. The number of nitrogens with one attached hydrogen (secondary N) is 1. The van der Waals surface area contributed by atoms with Crippen molar-refractivity contribution in [3.63, 3.8) is 0 Å². The standard InChI is InChI=1S/C21H24N2O3/c24-20(25)19-11-9-16(10-12-19)13-22-21(26)23(15-18-7-4-8-18)14-17-5-2-1-3-6-17/h1-3,5-6,9-12,18H,4,7-8,13-15H2,(H,22,26)(H,24,25). The minimum absolute atomic E-state index is 0.0805. The van der Waals surface area contributed by atoms with Gasteiger partial charge in [0, 0.05) is 19.6 Å². The molecular formula is C21H24N2O3. The summed E-state index contributed by atoms with van der Waals surface area (Å²) in [5.41, 5.74) is 2.25. The van der Waals surface area contributed by atoms with E-state index in [-0.39, 0.29) is 11.6 Å². The van der Waals surface area contributed by atoms with Gasteiger partial charge in [0.15, 0.2) is 0 Å². The molecule has 0 atom stereocenters. The van der Waals surface area contributed by atoms with Crippen molar-refractivity contribution in [2.45, 2.75) is 32.4 Å². The van der Waals surface area contributed by atoms with E-state index in [4.69, 9.17) is 5.11 Å². The molecule has 2 aromatic rings. The minimum Gasteiger partial charge on any atom is -0.478 e. The van der Waals surface area contributed by atoms with Gasteiger partial charge in [-0.15, -0.1) is 0 Å². The second-order valence-electron chi connectivity index (χ2n) is 6.82. The van der Waals surface area contributed by atoms with Crippen molar-refractivity contribution in [3.8, 4) is 0 Å². The van der Waals surface area contributed by atoms with Crippen LogP contribution in [0.1, 0.15) is 40.7 Å². The second kappa shape index (κ2) is 8.52. The minimum atomic E-state index is -0.949. The van der Waals surface area contributed by atoms with Crippen LogP contribution in [0.25, 0.3) is 0 Å². The fourth-order valence-corrected chi connectivity index (χ4v) is 3.06. The highest BCUT2D eigenvalue weighted by molar-refractivity contribution is 5.87. The number of carbonyl (C=O) groups is 2. The molecule has 0 saturated heterocycles. The molecule has 0 unspecified atom stereocenters. The number of benzene rings is 2. The van der Waals surface area contributed by atoms with Crippen LogP contribution in [0.4, 0.5) is 4.79 Å². The molecular weight excluding hydrogens is 328 g/mol. The zero-order chi connectivity index (χ0) is 18.4. The smallest absolute Gasteiger partial charge is 0.335 e. The number of carbonyl (C=O) groups excluding carboxylic acids is 1. The average molecular weight is 352 g/mol. The molecule has 0 bridgehead atoms. The molecule has 1 aliphatic carbocycles. The number of hydrogen-bond acceptors (Lipinski definition) is 2. The van der Waals surface area contributed by atoms with Gasteiger partial charge in [0.1, 0.15) is 0 Å². The SMILES string of the molecule is O=C(O)c1ccc(CNC(=O)N(Cc2ccccc2)CC2CCC2)cc1. The monoisotopic (exact) mass is 352 g/mol. The molecule has 0 aromatic heterocycles. The number of aromatic carboxylic acids is 1. The van der Waals surface area contributed by atoms with Crippen molar-refractivity contribution in [1.82, 2.24) is 10.2 Å². The van der Waals surface area contributed by atoms with Crippen LogP contribution in [0, 0.1) is 5.92 Å². The Bertz CT molecular complexity index is 740. The maximum atomic E-state index is 12.7. The normalized spacial score (nSPS) is 13.7. The predicted molar refractivity (Wildman–Crippen MR) is 99.8 cm³/mol. The largest absolute Gasteiger partial charge is 0.478 e. The molecule has 0 spiro atoms. The maximum absolute atomic E-state index is 12.7. The summed E-state index contributed by atoms with van der Waals surface area (Å²) in [5.74, 6) is -0.352. The summed E-state index contributed by atoms with van der Waals surface area (Å²) in [6, 6.07) is 16.5. The summed E-state index contributed by atoms with van der Waals surface area (Å²) in [4.78, 5) is 25.5. The number of nitrogens with zero attached hydrogens (tertiary/aromatic N) is 1. The van der Waals surface area contributed by atoms with E-state index in [0.717, 1.165) is 17.7 Å². The van der Waals surface area contributed by atoms with E-state index < -0.39 is 5.97 Å². The van der Waals surface area contributed by atoms with E-state index in [1.165, 1.54) is 19.3 Å². The molecule has 26 heavy (non-hydrogen) atoms. The molecule has 0 radical (unpaired) electrons. The molecule has 2 N–H and O–H groups in total. The molecule has 1 saturated carbocycles. The molecule has 2 aromatic carbocycles. The predicted octanol–water partition coefficient (Wildman–Crippen LogP) is 3.90. The average Bonchev–Trinajstić information content (AvgIpc) is 2.62. The Balaban J connectivity index is 1.59. The van der Waals surface area contributed by atoms with Crippen LogP contribution in [-0.4, -0.2) is 28.6 Å². The molecule has 0 aliphatic heterocycles. The molecule has 136 valence electrons. The van der Waals surface area contributed by atoms with Gasteiger partial charge in [-0.25, -0.2) is 9.59 Å². The van der Waals surface area contributed by atoms with Crippen LogP contribution in [0.3, 0.4) is 0 Å². The van der Waals surface area contributed by atoms with Gasteiger partial charge in [-0.2, -0.15) is 0 Å². The van der Waals surface area contributed by atoms with Crippen molar-refractivity contribution < 1.29 is 14.7 Å². The van der Waals surface area contributed by atoms with Gasteiger partial charge in [0.05, 0.1) is 5.56 Å². The second-order valence-corrected chi connectivity index (χ2v) is 6.82. The van der Waals surface area contributed by atoms with Gasteiger partial charge in [-0.3, -0.25) is 0 Å². The van der Waals surface area contributed by atoms with E-state index in [1.54, 1.807) is 24.3 Å². The Morgan fingerprint density at radius 1 is 1.00 bits per heavy atom. The fraction of sp³-hybridized carbons (Fsp3) is 0.333. The molecule has 3 rings (SSSR count). The quantitative estimate of drug-likeness (QED) is 0.794. The molecule has 5 nitrogen and oxygen atoms in total. The Labute approximate surface area is 153 Å². The first kappa shape index (κ1) is 18.0. The van der Waals surface area contributed by atoms with Crippen LogP contribution in [0.2, 0.25) is 0 Å². The molecule has 2 amide bonds. The number of hydrogen-bond donors (Lipinski definition) is 2. The number of amides is 2. The molecule has 1 fully saturated rings. The Hall–Kier alpha value is -2.82. The summed E-state index contributed by atoms with van der Waals surface area (Å²) >= 11 is 0. The summed E-state index contributed by atoms with van der Waals surface area (Å²) in [7, 11) is 0. The van der Waals surface area contributed by atoms with Gasteiger partial charge in [-0.05, 0) is 42.0 Å². The first-order chi connectivity index (χ1) is 12.6. The number of urea groups is 1. The van der Waals surface area contributed by atoms with E-state index in [0.29, 0.717) is 19.0 Å². The van der Waals surface area contributed by atoms with Crippen molar-refractivity contribution in [2.75, 3.05) is 6.54 Å². The summed E-state index contributed by atoms with van der Waals surface area (Å²) in [6.45, 7) is 1.76. The number of carboxylic acids is 1. The summed E-state index contributed by atoms with van der Waals surface area (Å²) in [6.07, 6.45) is 3.63. The third kappa shape index (κ3) is 4.85. The summed E-state index contributed by atoms with van der Waals surface area (Å²) in [5, 5.41) is 11.9. The Morgan fingerprint density at radius 2 is 1.69 bits per heavy atom. The van der Waals surface area contributed by atoms with Gasteiger partial charge < -0.3 is 15.3 Å². The number of rotatable bonds is 7. The van der Waals surface area contributed by atoms with Crippen LogP contribution >= 0.6 is 0 Å². The van der Waals surface area contributed by atoms with Gasteiger partial charge in [-0.1, -0.05) is 48.9 Å². The lowest BCUT2D eigenvalue weighted by molar-refractivity contribution is 0.0697. The third-order valence-corrected chi connectivity index (χ3v) is 4.85.